The summed E-state index contributed by atoms with van der Waals surface area (Å²) in [5, 5.41) is 16.0. The molecule has 0 radical (unpaired) electrons. The molecule has 1 heterocycles. The summed E-state index contributed by atoms with van der Waals surface area (Å²) >= 11 is 3.44. The molecule has 8 heteroatoms. The minimum atomic E-state index is -0.923. The fourth-order valence-corrected chi connectivity index (χ4v) is 3.17. The van der Waals surface area contributed by atoms with Crippen molar-refractivity contribution in [2.24, 2.45) is 5.10 Å². The molecule has 3 rings (SSSR count). The molecule has 28 heavy (non-hydrogen) atoms. The number of halogens is 1. The Balaban J connectivity index is 2.04. The molecule has 1 N–H and O–H groups in total. The van der Waals surface area contributed by atoms with E-state index in [4.69, 9.17) is 14.2 Å². The zero-order valence-electron chi connectivity index (χ0n) is 16.0. The fourth-order valence-electron chi connectivity index (χ4n) is 2.81. The SMILES string of the molecule is COc1cccc(C2OC(c3cc(Br)ccc3OC(C)C)=NN2C(C)=O)c1O. The van der Waals surface area contributed by atoms with Crippen molar-refractivity contribution in [3.8, 4) is 17.2 Å². The van der Waals surface area contributed by atoms with Crippen molar-refractivity contribution in [3.05, 3.63) is 52.0 Å². The van der Waals surface area contributed by atoms with E-state index in [1.807, 2.05) is 26.0 Å². The first kappa shape index (κ1) is 20.0. The summed E-state index contributed by atoms with van der Waals surface area (Å²) in [7, 11) is 1.45. The average Bonchev–Trinajstić information content (AvgIpc) is 3.08. The molecule has 0 aromatic heterocycles. The second-order valence-corrected chi connectivity index (χ2v) is 7.36. The van der Waals surface area contributed by atoms with Crippen molar-refractivity contribution in [3.63, 3.8) is 0 Å². The molecule has 2 aromatic carbocycles. The van der Waals surface area contributed by atoms with Gasteiger partial charge in [-0.25, -0.2) is 0 Å². The summed E-state index contributed by atoms with van der Waals surface area (Å²) in [6.45, 7) is 5.22. The number of hydrazone groups is 1. The van der Waals surface area contributed by atoms with Crippen LogP contribution >= 0.6 is 15.9 Å². The van der Waals surface area contributed by atoms with E-state index in [9.17, 15) is 9.90 Å². The molecule has 0 fully saturated rings. The summed E-state index contributed by atoms with van der Waals surface area (Å²) in [6.07, 6.45) is -0.974. The molecule has 0 bridgehead atoms. The van der Waals surface area contributed by atoms with Crippen molar-refractivity contribution in [1.82, 2.24) is 5.01 Å². The number of benzene rings is 2. The van der Waals surface area contributed by atoms with Gasteiger partial charge in [-0.2, -0.15) is 5.01 Å². The molecule has 1 unspecified atom stereocenters. The van der Waals surface area contributed by atoms with Crippen molar-refractivity contribution in [1.29, 1.82) is 0 Å². The van der Waals surface area contributed by atoms with Crippen LogP contribution in [0.1, 0.15) is 38.1 Å². The number of phenols is 1. The first-order valence-electron chi connectivity index (χ1n) is 8.69. The van der Waals surface area contributed by atoms with Crippen LogP contribution in [0.4, 0.5) is 0 Å². The lowest BCUT2D eigenvalue weighted by Gasteiger charge is -2.21. The van der Waals surface area contributed by atoms with E-state index < -0.39 is 6.23 Å². The van der Waals surface area contributed by atoms with Crippen molar-refractivity contribution in [2.75, 3.05) is 7.11 Å². The molecule has 0 spiro atoms. The second kappa shape index (κ2) is 8.10. The number of carbonyl (C=O) groups is 1. The molecule has 0 aliphatic carbocycles. The van der Waals surface area contributed by atoms with E-state index in [0.29, 0.717) is 16.9 Å². The third kappa shape index (κ3) is 3.91. The maximum absolute atomic E-state index is 12.2. The van der Waals surface area contributed by atoms with Gasteiger partial charge in [0.1, 0.15) is 5.75 Å². The summed E-state index contributed by atoms with van der Waals surface area (Å²) in [6, 6.07) is 10.5. The molecule has 2 aromatic rings. The Kier molecular flexibility index (Phi) is 5.79. The minimum absolute atomic E-state index is 0.0518. The number of para-hydroxylation sites is 1. The Morgan fingerprint density at radius 1 is 1.29 bits per heavy atom. The van der Waals surface area contributed by atoms with Gasteiger partial charge in [0.25, 0.3) is 0 Å². The maximum Gasteiger partial charge on any atom is 0.244 e. The minimum Gasteiger partial charge on any atom is -0.504 e. The zero-order valence-corrected chi connectivity index (χ0v) is 17.6. The summed E-state index contributed by atoms with van der Waals surface area (Å²) in [5.41, 5.74) is 0.967. The van der Waals surface area contributed by atoms with Gasteiger partial charge in [0.15, 0.2) is 11.5 Å². The van der Waals surface area contributed by atoms with Crippen molar-refractivity contribution >= 4 is 27.7 Å². The number of rotatable bonds is 5. The lowest BCUT2D eigenvalue weighted by Crippen LogP contribution is -2.25. The lowest BCUT2D eigenvalue weighted by atomic mass is 10.1. The van der Waals surface area contributed by atoms with Crippen LogP contribution in [0.5, 0.6) is 17.2 Å². The maximum atomic E-state index is 12.2. The number of ether oxygens (including phenoxy) is 3. The van der Waals surface area contributed by atoms with E-state index in [1.165, 1.54) is 19.0 Å². The van der Waals surface area contributed by atoms with Crippen LogP contribution < -0.4 is 9.47 Å². The van der Waals surface area contributed by atoms with Crippen molar-refractivity contribution in [2.45, 2.75) is 33.1 Å². The van der Waals surface area contributed by atoms with Gasteiger partial charge in [-0.1, -0.05) is 22.0 Å². The van der Waals surface area contributed by atoms with Gasteiger partial charge >= 0.3 is 0 Å². The normalized spacial score (nSPS) is 16.0. The number of carbonyl (C=O) groups excluding carboxylic acids is 1. The van der Waals surface area contributed by atoms with Crippen LogP contribution in [0.2, 0.25) is 0 Å². The quantitative estimate of drug-likeness (QED) is 0.741. The van der Waals surface area contributed by atoms with E-state index in [1.54, 1.807) is 24.3 Å². The highest BCUT2D eigenvalue weighted by Crippen LogP contribution is 2.40. The molecule has 148 valence electrons. The number of amides is 1. The van der Waals surface area contributed by atoms with Gasteiger partial charge in [0.05, 0.1) is 24.3 Å². The molecule has 0 saturated carbocycles. The first-order valence-corrected chi connectivity index (χ1v) is 9.48. The molecule has 1 amide bonds. The Labute approximate surface area is 171 Å². The predicted molar refractivity (Wildman–Crippen MR) is 107 cm³/mol. The third-order valence-electron chi connectivity index (χ3n) is 4.02. The summed E-state index contributed by atoms with van der Waals surface area (Å²) in [5.74, 6) is 0.647. The molecular weight excluding hydrogens is 428 g/mol. The molecule has 1 aliphatic rings. The van der Waals surface area contributed by atoms with E-state index in [-0.39, 0.29) is 29.4 Å². The number of aromatic hydroxyl groups is 1. The highest BCUT2D eigenvalue weighted by atomic mass is 79.9. The molecular formula is C20H21BrN2O5. The highest BCUT2D eigenvalue weighted by Gasteiger charge is 2.36. The van der Waals surface area contributed by atoms with Gasteiger partial charge in [0, 0.05) is 11.4 Å². The highest BCUT2D eigenvalue weighted by molar-refractivity contribution is 9.10. The standard InChI is InChI=1S/C20H21BrN2O5/c1-11(2)27-16-9-8-13(21)10-15(16)19-22-23(12(3)24)20(28-19)14-6-5-7-17(26-4)18(14)25/h5-11,20,25H,1-4H3. The van der Waals surface area contributed by atoms with Crippen LogP contribution in [0, 0.1) is 0 Å². The first-order chi connectivity index (χ1) is 13.3. The van der Waals surface area contributed by atoms with E-state index in [2.05, 4.69) is 21.0 Å². The monoisotopic (exact) mass is 448 g/mol. The van der Waals surface area contributed by atoms with E-state index in [0.717, 1.165) is 4.47 Å². The average molecular weight is 449 g/mol. The van der Waals surface area contributed by atoms with Crippen LogP contribution in [-0.4, -0.2) is 35.1 Å². The number of hydrogen-bond acceptors (Lipinski definition) is 6. The molecule has 7 nitrogen and oxygen atoms in total. The second-order valence-electron chi connectivity index (χ2n) is 6.44. The number of hydrogen-bond donors (Lipinski definition) is 1. The Morgan fingerprint density at radius 2 is 2.04 bits per heavy atom. The topological polar surface area (TPSA) is 80.6 Å². The molecule has 1 aliphatic heterocycles. The third-order valence-corrected chi connectivity index (χ3v) is 4.51. The van der Waals surface area contributed by atoms with Gasteiger partial charge in [0.2, 0.25) is 18.0 Å². The van der Waals surface area contributed by atoms with Gasteiger partial charge in [-0.3, -0.25) is 4.79 Å². The molecule has 0 saturated heterocycles. The van der Waals surface area contributed by atoms with Crippen LogP contribution in [0.25, 0.3) is 0 Å². The largest absolute Gasteiger partial charge is 0.504 e. The van der Waals surface area contributed by atoms with E-state index >= 15 is 0 Å². The Morgan fingerprint density at radius 3 is 2.68 bits per heavy atom. The zero-order chi connectivity index (χ0) is 20.4. The summed E-state index contributed by atoms with van der Waals surface area (Å²) in [4.78, 5) is 12.2. The number of phenolic OH excluding ortho intramolecular Hbond substituents is 1. The number of methoxy groups -OCH3 is 1. The van der Waals surface area contributed by atoms with Gasteiger partial charge < -0.3 is 19.3 Å². The summed E-state index contributed by atoms with van der Waals surface area (Å²) < 4.78 is 17.8. The van der Waals surface area contributed by atoms with Crippen molar-refractivity contribution < 1.29 is 24.1 Å². The van der Waals surface area contributed by atoms with Gasteiger partial charge in [-0.05, 0) is 44.2 Å². The number of nitrogens with zero attached hydrogens (tertiary/aromatic N) is 2. The Hall–Kier alpha value is -2.74. The predicted octanol–water partition coefficient (Wildman–Crippen LogP) is 4.19. The lowest BCUT2D eigenvalue weighted by molar-refractivity contribution is -0.135. The fraction of sp³-hybridized carbons (Fsp3) is 0.300. The van der Waals surface area contributed by atoms with Crippen LogP contribution in [0.15, 0.2) is 46.0 Å². The smallest absolute Gasteiger partial charge is 0.244 e. The van der Waals surface area contributed by atoms with Gasteiger partial charge in [-0.15, -0.1) is 5.10 Å². The van der Waals surface area contributed by atoms with Crippen LogP contribution in [-0.2, 0) is 9.53 Å². The molecule has 1 atom stereocenters. The van der Waals surface area contributed by atoms with Crippen LogP contribution in [0.3, 0.4) is 0 Å². The Bertz CT molecular complexity index is 929.